The van der Waals surface area contributed by atoms with Crippen molar-refractivity contribution in [1.82, 2.24) is 4.90 Å². The highest BCUT2D eigenvalue weighted by Crippen LogP contribution is 2.33. The van der Waals surface area contributed by atoms with Gasteiger partial charge in [-0.25, -0.2) is 0 Å². The van der Waals surface area contributed by atoms with Crippen molar-refractivity contribution in [2.45, 2.75) is 31.7 Å². The average molecular weight is 335 g/mol. The molecule has 0 saturated carbocycles. The molecule has 0 spiro atoms. The van der Waals surface area contributed by atoms with Crippen molar-refractivity contribution in [2.75, 3.05) is 24.1 Å². The van der Waals surface area contributed by atoms with Gasteiger partial charge in [0, 0.05) is 23.0 Å². The molecule has 2 aromatic carbocycles. The van der Waals surface area contributed by atoms with E-state index >= 15 is 0 Å². The zero-order valence-electron chi connectivity index (χ0n) is 14.4. The molecule has 0 aromatic heterocycles. The Morgan fingerprint density at radius 1 is 1.12 bits per heavy atom. The summed E-state index contributed by atoms with van der Waals surface area (Å²) in [5, 5.41) is 2.89. The van der Waals surface area contributed by atoms with Crippen molar-refractivity contribution in [3.63, 3.8) is 0 Å². The van der Waals surface area contributed by atoms with Gasteiger partial charge in [0.05, 0.1) is 0 Å². The molecule has 2 aromatic rings. The summed E-state index contributed by atoms with van der Waals surface area (Å²) < 4.78 is 0. The molecular weight excluding hydrogens is 310 g/mol. The van der Waals surface area contributed by atoms with Crippen LogP contribution in [0.25, 0.3) is 0 Å². The number of nitrogens with two attached hydrogens (primary N) is 1. The smallest absolute Gasteiger partial charge is 0.255 e. The maximum Gasteiger partial charge on any atom is 0.255 e. The Hall–Kier alpha value is -2.33. The third kappa shape index (κ3) is 3.69. The van der Waals surface area contributed by atoms with Gasteiger partial charge in [-0.15, -0.1) is 0 Å². The quantitative estimate of drug-likeness (QED) is 0.840. The minimum atomic E-state index is -0.0994. The number of benzene rings is 2. The minimum absolute atomic E-state index is 0.0994. The van der Waals surface area contributed by atoms with E-state index in [1.165, 1.54) is 37.9 Å². The van der Waals surface area contributed by atoms with Crippen LogP contribution in [0.4, 0.5) is 11.4 Å². The summed E-state index contributed by atoms with van der Waals surface area (Å²) in [4.78, 5) is 15.0. The van der Waals surface area contributed by atoms with E-state index in [0.29, 0.717) is 17.3 Å². The molecular formula is C21H25N3O. The fraction of sp³-hybridized carbons (Fsp3) is 0.381. The topological polar surface area (TPSA) is 58.4 Å². The Bertz CT molecular complexity index is 748. The molecule has 1 amide bonds. The lowest BCUT2D eigenvalue weighted by atomic mass is 9.81. The molecule has 5 rings (SSSR count). The Kier molecular flexibility index (Phi) is 4.45. The summed E-state index contributed by atoms with van der Waals surface area (Å²) in [5.41, 5.74) is 9.11. The van der Waals surface area contributed by atoms with Crippen LogP contribution >= 0.6 is 0 Å². The molecule has 0 aliphatic carbocycles. The second-order valence-corrected chi connectivity index (χ2v) is 7.35. The number of hydrogen-bond acceptors (Lipinski definition) is 3. The van der Waals surface area contributed by atoms with Crippen LogP contribution in [0.15, 0.2) is 48.5 Å². The van der Waals surface area contributed by atoms with E-state index in [-0.39, 0.29) is 5.91 Å². The first-order valence-electron chi connectivity index (χ1n) is 9.17. The Morgan fingerprint density at radius 2 is 1.88 bits per heavy atom. The molecule has 0 radical (unpaired) electrons. The minimum Gasteiger partial charge on any atom is -0.399 e. The molecule has 25 heavy (non-hydrogen) atoms. The molecule has 1 atom stereocenters. The van der Waals surface area contributed by atoms with Gasteiger partial charge in [0.1, 0.15) is 0 Å². The van der Waals surface area contributed by atoms with Crippen LogP contribution in [0.1, 0.15) is 35.2 Å². The third-order valence-electron chi connectivity index (χ3n) is 5.60. The number of rotatable bonds is 4. The fourth-order valence-corrected chi connectivity index (χ4v) is 4.18. The normalized spacial score (nSPS) is 24.9. The molecule has 130 valence electrons. The van der Waals surface area contributed by atoms with E-state index in [1.807, 2.05) is 24.3 Å². The lowest BCUT2D eigenvalue weighted by molar-refractivity contribution is 0.0498. The number of carbonyl (C=O) groups excluding carboxylic acids is 1. The summed E-state index contributed by atoms with van der Waals surface area (Å²) in [6, 6.07) is 16.0. The number of nitrogen functional groups attached to an aromatic ring is 1. The molecule has 3 aliphatic heterocycles. The van der Waals surface area contributed by atoms with E-state index in [2.05, 4.69) is 22.3 Å². The number of piperidine rings is 3. The Labute approximate surface area is 149 Å². The standard InChI is InChI=1S/C21H25N3O/c22-18-2-1-3-19(14-18)23-21(25)17-6-4-15(5-7-17)12-20-13-16-8-10-24(20)11-9-16/h1-7,14,16,20H,8-13,22H2,(H,23,25). The second kappa shape index (κ2) is 6.89. The van der Waals surface area contributed by atoms with Crippen LogP contribution in [-0.4, -0.2) is 29.9 Å². The van der Waals surface area contributed by atoms with Crippen LogP contribution in [-0.2, 0) is 6.42 Å². The lowest BCUT2D eigenvalue weighted by Gasteiger charge is -2.45. The van der Waals surface area contributed by atoms with Gasteiger partial charge in [-0.2, -0.15) is 0 Å². The highest BCUT2D eigenvalue weighted by molar-refractivity contribution is 6.04. The van der Waals surface area contributed by atoms with Crippen molar-refractivity contribution in [2.24, 2.45) is 5.92 Å². The summed E-state index contributed by atoms with van der Waals surface area (Å²) >= 11 is 0. The number of nitrogens with one attached hydrogen (secondary N) is 1. The first-order chi connectivity index (χ1) is 12.2. The Morgan fingerprint density at radius 3 is 2.52 bits per heavy atom. The summed E-state index contributed by atoms with van der Waals surface area (Å²) in [6.45, 7) is 2.52. The third-order valence-corrected chi connectivity index (χ3v) is 5.60. The van der Waals surface area contributed by atoms with Gasteiger partial charge in [-0.1, -0.05) is 18.2 Å². The summed E-state index contributed by atoms with van der Waals surface area (Å²) in [6.07, 6.45) is 5.17. The number of hydrogen-bond donors (Lipinski definition) is 2. The summed E-state index contributed by atoms with van der Waals surface area (Å²) in [7, 11) is 0. The zero-order chi connectivity index (χ0) is 17.2. The number of nitrogens with zero attached hydrogens (tertiary/aromatic N) is 1. The van der Waals surface area contributed by atoms with Gasteiger partial charge < -0.3 is 16.0 Å². The van der Waals surface area contributed by atoms with Gasteiger partial charge >= 0.3 is 0 Å². The SMILES string of the molecule is Nc1cccc(NC(=O)c2ccc(CC3CC4CCN3CC4)cc2)c1. The van der Waals surface area contributed by atoms with E-state index in [1.54, 1.807) is 12.1 Å². The van der Waals surface area contributed by atoms with Crippen LogP contribution in [0.5, 0.6) is 0 Å². The molecule has 4 nitrogen and oxygen atoms in total. The fourth-order valence-electron chi connectivity index (χ4n) is 4.18. The predicted molar refractivity (Wildman–Crippen MR) is 102 cm³/mol. The maximum atomic E-state index is 12.4. The van der Waals surface area contributed by atoms with Crippen molar-refractivity contribution < 1.29 is 4.79 Å². The van der Waals surface area contributed by atoms with Crippen molar-refractivity contribution >= 4 is 17.3 Å². The monoisotopic (exact) mass is 335 g/mol. The van der Waals surface area contributed by atoms with Gasteiger partial charge in [0.15, 0.2) is 0 Å². The van der Waals surface area contributed by atoms with Crippen molar-refractivity contribution in [3.05, 3.63) is 59.7 Å². The molecule has 2 bridgehead atoms. The number of fused-ring (bicyclic) bond motifs is 3. The van der Waals surface area contributed by atoms with E-state index in [0.717, 1.165) is 18.0 Å². The van der Waals surface area contributed by atoms with Crippen molar-refractivity contribution in [1.29, 1.82) is 0 Å². The highest BCUT2D eigenvalue weighted by atomic mass is 16.1. The van der Waals surface area contributed by atoms with E-state index in [4.69, 9.17) is 5.73 Å². The van der Waals surface area contributed by atoms with Gasteiger partial charge in [0.25, 0.3) is 5.91 Å². The first-order valence-corrected chi connectivity index (χ1v) is 9.17. The number of anilines is 2. The molecule has 3 N–H and O–H groups in total. The molecule has 1 unspecified atom stereocenters. The van der Waals surface area contributed by atoms with Crippen molar-refractivity contribution in [3.8, 4) is 0 Å². The van der Waals surface area contributed by atoms with Gasteiger partial charge in [0.2, 0.25) is 0 Å². The number of carbonyl (C=O) groups is 1. The maximum absolute atomic E-state index is 12.4. The Balaban J connectivity index is 1.39. The summed E-state index contributed by atoms with van der Waals surface area (Å²) in [5.74, 6) is 0.830. The van der Waals surface area contributed by atoms with E-state index < -0.39 is 0 Å². The predicted octanol–water partition coefficient (Wildman–Crippen LogP) is 3.55. The molecule has 3 aliphatic rings. The molecule has 4 heteroatoms. The largest absolute Gasteiger partial charge is 0.399 e. The lowest BCUT2D eigenvalue weighted by Crippen LogP contribution is -2.49. The van der Waals surface area contributed by atoms with Gasteiger partial charge in [-0.3, -0.25) is 4.79 Å². The first kappa shape index (κ1) is 16.2. The molecule has 3 saturated heterocycles. The molecule has 3 fully saturated rings. The second-order valence-electron chi connectivity index (χ2n) is 7.35. The van der Waals surface area contributed by atoms with Crippen LogP contribution in [0.2, 0.25) is 0 Å². The zero-order valence-corrected chi connectivity index (χ0v) is 14.4. The number of amides is 1. The van der Waals surface area contributed by atoms with Gasteiger partial charge in [-0.05, 0) is 80.6 Å². The van der Waals surface area contributed by atoms with Crippen LogP contribution in [0, 0.1) is 5.92 Å². The van der Waals surface area contributed by atoms with Crippen LogP contribution in [0.3, 0.4) is 0 Å². The van der Waals surface area contributed by atoms with Crippen LogP contribution < -0.4 is 11.1 Å². The average Bonchev–Trinajstić information content (AvgIpc) is 2.63. The highest BCUT2D eigenvalue weighted by Gasteiger charge is 2.33. The molecule has 3 heterocycles. The van der Waals surface area contributed by atoms with E-state index in [9.17, 15) is 4.79 Å².